The first-order chi connectivity index (χ1) is 8.31. The third kappa shape index (κ3) is 3.17. The number of aryl methyl sites for hydroxylation is 2. The Hall–Kier alpha value is -1.62. The van der Waals surface area contributed by atoms with Crippen LogP contribution in [0.15, 0.2) is 24.5 Å². The number of anilines is 2. The molecule has 0 aliphatic rings. The summed E-state index contributed by atoms with van der Waals surface area (Å²) < 4.78 is 0. The predicted molar refractivity (Wildman–Crippen MR) is 72.9 cm³/mol. The zero-order chi connectivity index (χ0) is 12.1. The molecule has 0 saturated carbocycles. The third-order valence-electron chi connectivity index (χ3n) is 2.51. The maximum atomic E-state index is 4.30. The fourth-order valence-electron chi connectivity index (χ4n) is 1.53. The zero-order valence-electron chi connectivity index (χ0n) is 10.0. The van der Waals surface area contributed by atoms with E-state index in [2.05, 4.69) is 26.7 Å². The highest BCUT2D eigenvalue weighted by Gasteiger charge is 2.01. The van der Waals surface area contributed by atoms with Gasteiger partial charge in [-0.2, -0.15) is 0 Å². The smallest absolute Gasteiger partial charge is 0.182 e. The number of hydrogen-bond acceptors (Lipinski definition) is 5. The van der Waals surface area contributed by atoms with E-state index in [9.17, 15) is 0 Å². The van der Waals surface area contributed by atoms with Crippen LogP contribution in [0.25, 0.3) is 0 Å². The van der Waals surface area contributed by atoms with Crippen molar-refractivity contribution in [1.82, 2.24) is 9.97 Å². The maximum Gasteiger partial charge on any atom is 0.182 e. The Labute approximate surface area is 105 Å². The average molecular weight is 248 g/mol. The van der Waals surface area contributed by atoms with E-state index in [1.165, 1.54) is 10.4 Å². The van der Waals surface area contributed by atoms with Crippen molar-refractivity contribution in [2.45, 2.75) is 12.8 Å². The lowest BCUT2D eigenvalue weighted by Gasteiger charge is -2.01. The van der Waals surface area contributed by atoms with Crippen molar-refractivity contribution in [3.8, 4) is 0 Å². The van der Waals surface area contributed by atoms with Crippen LogP contribution in [0.5, 0.6) is 0 Å². The molecule has 0 unspecified atom stereocenters. The van der Waals surface area contributed by atoms with E-state index in [0.29, 0.717) is 0 Å². The molecular weight excluding hydrogens is 232 g/mol. The molecule has 2 heterocycles. The van der Waals surface area contributed by atoms with Gasteiger partial charge < -0.3 is 10.6 Å². The Morgan fingerprint density at radius 1 is 1.06 bits per heavy atom. The summed E-state index contributed by atoms with van der Waals surface area (Å²) >= 11 is 1.70. The average Bonchev–Trinajstić information content (AvgIpc) is 2.85. The number of hydrogen-bond donors (Lipinski definition) is 2. The van der Waals surface area contributed by atoms with Gasteiger partial charge >= 0.3 is 0 Å². The number of pyridine rings is 1. The number of nitrogens with zero attached hydrogens (tertiary/aromatic N) is 2. The largest absolute Gasteiger partial charge is 0.373 e. The number of rotatable bonds is 5. The molecule has 90 valence electrons. The van der Waals surface area contributed by atoms with Gasteiger partial charge in [0.2, 0.25) is 0 Å². The van der Waals surface area contributed by atoms with Crippen molar-refractivity contribution < 1.29 is 0 Å². The third-order valence-corrected chi connectivity index (χ3v) is 3.58. The van der Waals surface area contributed by atoms with E-state index in [-0.39, 0.29) is 0 Å². The molecule has 0 bridgehead atoms. The van der Waals surface area contributed by atoms with Crippen LogP contribution in [-0.2, 0) is 12.8 Å². The molecule has 0 amide bonds. The summed E-state index contributed by atoms with van der Waals surface area (Å²) in [5, 5.41) is 7.03. The van der Waals surface area contributed by atoms with Gasteiger partial charge in [0, 0.05) is 31.4 Å². The maximum absolute atomic E-state index is 4.30. The van der Waals surface area contributed by atoms with Crippen LogP contribution in [0, 0.1) is 0 Å². The second-order valence-corrected chi connectivity index (χ2v) is 4.80. The van der Waals surface area contributed by atoms with E-state index in [1.807, 2.05) is 32.6 Å². The normalized spacial score (nSPS) is 10.2. The number of thiazole rings is 1. The summed E-state index contributed by atoms with van der Waals surface area (Å²) in [7, 11) is 3.77. The standard InChI is InChI=1S/C12H16N4S/c1-13-11-6-4-9(7-15-11)3-5-10-8-16-12(14-2)17-10/h4,6-8H,3,5H2,1-2H3,(H,13,15)(H,14,16). The van der Waals surface area contributed by atoms with Gasteiger partial charge in [0.15, 0.2) is 5.13 Å². The second-order valence-electron chi connectivity index (χ2n) is 3.68. The summed E-state index contributed by atoms with van der Waals surface area (Å²) in [5.74, 6) is 0.906. The first kappa shape index (κ1) is 11.9. The van der Waals surface area contributed by atoms with Crippen molar-refractivity contribution in [2.24, 2.45) is 0 Å². The van der Waals surface area contributed by atoms with Crippen molar-refractivity contribution in [3.63, 3.8) is 0 Å². The van der Waals surface area contributed by atoms with E-state index in [1.54, 1.807) is 11.3 Å². The van der Waals surface area contributed by atoms with Crippen LogP contribution in [0.2, 0.25) is 0 Å². The minimum absolute atomic E-state index is 0.906. The van der Waals surface area contributed by atoms with Crippen molar-refractivity contribution in [2.75, 3.05) is 24.7 Å². The van der Waals surface area contributed by atoms with Gasteiger partial charge in [0.25, 0.3) is 0 Å². The van der Waals surface area contributed by atoms with Gasteiger partial charge in [-0.15, -0.1) is 11.3 Å². The lowest BCUT2D eigenvalue weighted by molar-refractivity contribution is 0.965. The first-order valence-electron chi connectivity index (χ1n) is 5.57. The molecule has 5 heteroatoms. The molecule has 0 aromatic carbocycles. The van der Waals surface area contributed by atoms with Gasteiger partial charge in [-0.1, -0.05) is 6.07 Å². The molecule has 0 saturated heterocycles. The monoisotopic (exact) mass is 248 g/mol. The Balaban J connectivity index is 1.92. The molecule has 0 atom stereocenters. The Kier molecular flexibility index (Phi) is 3.93. The van der Waals surface area contributed by atoms with Crippen LogP contribution in [-0.4, -0.2) is 24.1 Å². The Bertz CT molecular complexity index is 464. The summed E-state index contributed by atoms with van der Waals surface area (Å²) in [6.07, 6.45) is 5.88. The second kappa shape index (κ2) is 5.63. The van der Waals surface area contributed by atoms with Gasteiger partial charge in [-0.25, -0.2) is 9.97 Å². The van der Waals surface area contributed by atoms with Gasteiger partial charge in [0.05, 0.1) is 0 Å². The molecule has 0 aliphatic carbocycles. The molecule has 0 radical (unpaired) electrons. The van der Waals surface area contributed by atoms with Crippen molar-refractivity contribution >= 4 is 22.3 Å². The van der Waals surface area contributed by atoms with E-state index < -0.39 is 0 Å². The highest BCUT2D eigenvalue weighted by molar-refractivity contribution is 7.15. The van der Waals surface area contributed by atoms with Crippen molar-refractivity contribution in [1.29, 1.82) is 0 Å². The molecule has 4 nitrogen and oxygen atoms in total. The molecule has 2 aromatic rings. The molecule has 0 spiro atoms. The summed E-state index contributed by atoms with van der Waals surface area (Å²) in [6, 6.07) is 4.11. The summed E-state index contributed by atoms with van der Waals surface area (Å²) in [4.78, 5) is 9.85. The summed E-state index contributed by atoms with van der Waals surface area (Å²) in [5.41, 5.74) is 1.25. The highest BCUT2D eigenvalue weighted by atomic mass is 32.1. The minimum atomic E-state index is 0.906. The highest BCUT2D eigenvalue weighted by Crippen LogP contribution is 2.19. The molecule has 0 fully saturated rings. The predicted octanol–water partition coefficient (Wildman–Crippen LogP) is 2.41. The molecule has 2 N–H and O–H groups in total. The first-order valence-corrected chi connectivity index (χ1v) is 6.38. The van der Waals surface area contributed by atoms with E-state index in [4.69, 9.17) is 0 Å². The molecule has 0 aliphatic heterocycles. The quantitative estimate of drug-likeness (QED) is 0.853. The molecule has 2 aromatic heterocycles. The fraction of sp³-hybridized carbons (Fsp3) is 0.333. The lowest BCUT2D eigenvalue weighted by atomic mass is 10.1. The van der Waals surface area contributed by atoms with E-state index >= 15 is 0 Å². The number of nitrogens with one attached hydrogen (secondary N) is 2. The number of aromatic nitrogens is 2. The fourth-order valence-corrected chi connectivity index (χ4v) is 2.29. The van der Waals surface area contributed by atoms with Gasteiger partial charge in [0.1, 0.15) is 5.82 Å². The van der Waals surface area contributed by atoms with Crippen LogP contribution in [0.3, 0.4) is 0 Å². The minimum Gasteiger partial charge on any atom is -0.373 e. The molecule has 2 rings (SSSR count). The lowest BCUT2D eigenvalue weighted by Crippen LogP contribution is -1.94. The Morgan fingerprint density at radius 3 is 2.53 bits per heavy atom. The Morgan fingerprint density at radius 2 is 1.94 bits per heavy atom. The van der Waals surface area contributed by atoms with E-state index in [0.717, 1.165) is 23.8 Å². The topological polar surface area (TPSA) is 49.8 Å². The van der Waals surface area contributed by atoms with Crippen LogP contribution in [0.1, 0.15) is 10.4 Å². The SMILES string of the molecule is CNc1ccc(CCc2cnc(NC)s2)cn1. The van der Waals surface area contributed by atoms with Crippen molar-refractivity contribution in [3.05, 3.63) is 35.0 Å². The zero-order valence-corrected chi connectivity index (χ0v) is 10.8. The van der Waals surface area contributed by atoms with Gasteiger partial charge in [-0.05, 0) is 24.5 Å². The molecular formula is C12H16N4S. The van der Waals surface area contributed by atoms with Crippen LogP contribution < -0.4 is 10.6 Å². The molecule has 17 heavy (non-hydrogen) atoms. The van der Waals surface area contributed by atoms with Crippen LogP contribution in [0.4, 0.5) is 10.9 Å². The van der Waals surface area contributed by atoms with Gasteiger partial charge in [-0.3, -0.25) is 0 Å². The summed E-state index contributed by atoms with van der Waals surface area (Å²) in [6.45, 7) is 0. The van der Waals surface area contributed by atoms with Crippen LogP contribution >= 0.6 is 11.3 Å².